The van der Waals surface area contributed by atoms with Crippen molar-refractivity contribution >= 4 is 11.6 Å². The fraction of sp³-hybridized carbons (Fsp3) is 0.286. The Kier molecular flexibility index (Phi) is 3.51. The van der Waals surface area contributed by atoms with Gasteiger partial charge in [-0.25, -0.2) is 13.8 Å². The van der Waals surface area contributed by atoms with Gasteiger partial charge in [0.15, 0.2) is 0 Å². The van der Waals surface area contributed by atoms with Crippen LogP contribution in [0.3, 0.4) is 0 Å². The number of halogens is 7. The third kappa shape index (κ3) is 2.91. The van der Waals surface area contributed by atoms with Crippen LogP contribution in [-0.4, -0.2) is 11.3 Å². The maximum Gasteiger partial charge on any atom is 0.573 e. The van der Waals surface area contributed by atoms with Crippen LogP contribution in [0.15, 0.2) is 6.20 Å². The molecule has 0 fully saturated rings. The number of hydrogen-bond donors (Lipinski definition) is 0. The zero-order chi connectivity index (χ0) is 12.5. The molecule has 0 saturated heterocycles. The van der Waals surface area contributed by atoms with Gasteiger partial charge in [-0.3, -0.25) is 0 Å². The second kappa shape index (κ2) is 4.36. The first-order chi connectivity index (χ1) is 7.22. The Hall–Kier alpha value is -1.18. The zero-order valence-electron chi connectivity index (χ0n) is 7.16. The lowest BCUT2D eigenvalue weighted by Crippen LogP contribution is -2.19. The Morgan fingerprint density at radius 1 is 1.31 bits per heavy atom. The molecule has 0 aromatic carbocycles. The molecule has 16 heavy (non-hydrogen) atoms. The van der Waals surface area contributed by atoms with Gasteiger partial charge in [0.1, 0.15) is 0 Å². The van der Waals surface area contributed by atoms with Gasteiger partial charge in [0, 0.05) is 6.20 Å². The molecule has 0 saturated carbocycles. The van der Waals surface area contributed by atoms with Crippen molar-refractivity contribution in [1.82, 2.24) is 4.98 Å². The zero-order valence-corrected chi connectivity index (χ0v) is 7.91. The lowest BCUT2D eigenvalue weighted by atomic mass is 10.3. The van der Waals surface area contributed by atoms with E-state index >= 15 is 0 Å². The summed E-state index contributed by atoms with van der Waals surface area (Å²) in [7, 11) is 0. The summed E-state index contributed by atoms with van der Waals surface area (Å²) in [6.45, 7) is 0. The minimum atomic E-state index is -5.24. The van der Waals surface area contributed by atoms with Gasteiger partial charge in [-0.2, -0.15) is 4.39 Å². The van der Waals surface area contributed by atoms with E-state index in [9.17, 15) is 26.3 Å². The van der Waals surface area contributed by atoms with Crippen molar-refractivity contribution in [3.8, 4) is 5.75 Å². The highest BCUT2D eigenvalue weighted by Crippen LogP contribution is 2.37. The van der Waals surface area contributed by atoms with E-state index in [0.29, 0.717) is 6.20 Å². The van der Waals surface area contributed by atoms with Gasteiger partial charge in [-0.1, -0.05) is 11.6 Å². The summed E-state index contributed by atoms with van der Waals surface area (Å²) in [5.41, 5.74) is -1.04. The van der Waals surface area contributed by atoms with Crippen LogP contribution in [0.5, 0.6) is 5.75 Å². The Morgan fingerprint density at radius 2 is 1.88 bits per heavy atom. The lowest BCUT2D eigenvalue weighted by molar-refractivity contribution is -0.275. The summed E-state index contributed by atoms with van der Waals surface area (Å²) < 4.78 is 75.6. The molecule has 0 atom stereocenters. The molecule has 2 nitrogen and oxygen atoms in total. The van der Waals surface area contributed by atoms with Crippen molar-refractivity contribution in [1.29, 1.82) is 0 Å². The first-order valence-corrected chi connectivity index (χ1v) is 3.98. The Balaban J connectivity index is 3.21. The Labute approximate surface area is 89.8 Å². The molecule has 0 aliphatic heterocycles. The second-order valence-electron chi connectivity index (χ2n) is 2.50. The quantitative estimate of drug-likeness (QED) is 0.601. The van der Waals surface area contributed by atoms with Gasteiger partial charge in [0.25, 0.3) is 12.4 Å². The fourth-order valence-corrected chi connectivity index (χ4v) is 1.07. The molecule has 1 aromatic heterocycles. The minimum absolute atomic E-state index is 0.339. The van der Waals surface area contributed by atoms with Crippen LogP contribution in [-0.2, 0) is 0 Å². The maximum atomic E-state index is 12.8. The molecule has 0 bridgehead atoms. The monoisotopic (exact) mass is 265 g/mol. The maximum absolute atomic E-state index is 12.8. The third-order valence-corrected chi connectivity index (χ3v) is 1.80. The van der Waals surface area contributed by atoms with Gasteiger partial charge in [0.2, 0.25) is 5.75 Å². The number of rotatable bonds is 2. The lowest BCUT2D eigenvalue weighted by Gasteiger charge is -2.12. The van der Waals surface area contributed by atoms with Crippen LogP contribution in [0, 0.1) is 5.95 Å². The number of ether oxygens (including phenoxy) is 1. The largest absolute Gasteiger partial charge is 0.573 e. The van der Waals surface area contributed by atoms with Crippen molar-refractivity contribution in [2.75, 3.05) is 0 Å². The van der Waals surface area contributed by atoms with Crippen LogP contribution in [0.4, 0.5) is 26.3 Å². The van der Waals surface area contributed by atoms with Crippen LogP contribution in [0.2, 0.25) is 5.02 Å². The molecular weight excluding hydrogens is 264 g/mol. The van der Waals surface area contributed by atoms with Crippen molar-refractivity contribution < 1.29 is 31.1 Å². The molecule has 1 aromatic rings. The number of hydrogen-bond acceptors (Lipinski definition) is 2. The van der Waals surface area contributed by atoms with E-state index in [4.69, 9.17) is 11.6 Å². The highest BCUT2D eigenvalue weighted by atomic mass is 35.5. The highest BCUT2D eigenvalue weighted by molar-refractivity contribution is 6.32. The van der Waals surface area contributed by atoms with Gasteiger partial charge >= 0.3 is 6.36 Å². The van der Waals surface area contributed by atoms with E-state index in [2.05, 4.69) is 9.72 Å². The number of nitrogens with zero attached hydrogens (tertiary/aromatic N) is 1. The molecule has 0 unspecified atom stereocenters. The highest BCUT2D eigenvalue weighted by Gasteiger charge is 2.35. The van der Waals surface area contributed by atoms with E-state index in [0.717, 1.165) is 0 Å². The molecule has 0 aliphatic rings. The van der Waals surface area contributed by atoms with E-state index in [1.807, 2.05) is 0 Å². The van der Waals surface area contributed by atoms with Crippen LogP contribution in [0.1, 0.15) is 12.0 Å². The van der Waals surface area contributed by atoms with E-state index in [-0.39, 0.29) is 0 Å². The number of alkyl halides is 5. The van der Waals surface area contributed by atoms with Crippen LogP contribution < -0.4 is 4.74 Å². The third-order valence-electron chi connectivity index (χ3n) is 1.41. The predicted octanol–water partition coefficient (Wildman–Crippen LogP) is 3.71. The predicted molar refractivity (Wildman–Crippen MR) is 40.8 cm³/mol. The molecule has 0 spiro atoms. The van der Waals surface area contributed by atoms with E-state index < -0.39 is 35.1 Å². The topological polar surface area (TPSA) is 22.1 Å². The molecule has 0 N–H and O–H groups in total. The summed E-state index contributed by atoms with van der Waals surface area (Å²) in [5.74, 6) is -3.28. The van der Waals surface area contributed by atoms with Gasteiger partial charge in [-0.05, 0) is 0 Å². The first-order valence-electron chi connectivity index (χ1n) is 3.60. The van der Waals surface area contributed by atoms with Crippen molar-refractivity contribution in [2.24, 2.45) is 0 Å². The Morgan fingerprint density at radius 3 is 2.31 bits per heavy atom. The number of aromatic nitrogens is 1. The second-order valence-corrected chi connectivity index (χ2v) is 2.87. The fourth-order valence-electron chi connectivity index (χ4n) is 0.818. The molecule has 90 valence electrons. The smallest absolute Gasteiger partial charge is 0.399 e. The molecule has 0 aliphatic carbocycles. The molecule has 1 heterocycles. The SMILES string of the molecule is Fc1ncc(C(F)F)c(Cl)c1OC(F)(F)F. The summed E-state index contributed by atoms with van der Waals surface area (Å²) in [6.07, 6.45) is -8.09. The van der Waals surface area contributed by atoms with E-state index in [1.54, 1.807) is 0 Å². The molecule has 9 heteroatoms. The molecule has 1 rings (SSSR count). The van der Waals surface area contributed by atoms with Gasteiger partial charge in [-0.15, -0.1) is 13.2 Å². The minimum Gasteiger partial charge on any atom is -0.399 e. The first kappa shape index (κ1) is 12.9. The summed E-state index contributed by atoms with van der Waals surface area (Å²) in [4.78, 5) is 2.69. The summed E-state index contributed by atoms with van der Waals surface area (Å²) >= 11 is 5.13. The molecular formula is C7H2ClF6NO. The standard InChI is InChI=1S/C7H2ClF6NO/c8-3-2(5(9)10)1-15-6(11)4(3)16-7(12,13)14/h1,5H. The summed E-state index contributed by atoms with van der Waals surface area (Å²) in [6, 6.07) is 0. The van der Waals surface area contributed by atoms with Crippen LogP contribution >= 0.6 is 11.6 Å². The van der Waals surface area contributed by atoms with E-state index in [1.165, 1.54) is 0 Å². The average Bonchev–Trinajstić information content (AvgIpc) is 2.10. The average molecular weight is 266 g/mol. The van der Waals surface area contributed by atoms with Crippen molar-refractivity contribution in [3.05, 3.63) is 22.7 Å². The molecule has 0 amide bonds. The summed E-state index contributed by atoms with van der Waals surface area (Å²) in [5, 5.41) is -1.15. The van der Waals surface area contributed by atoms with Crippen molar-refractivity contribution in [2.45, 2.75) is 12.8 Å². The Bertz CT molecular complexity index is 393. The molecule has 0 radical (unpaired) electrons. The normalized spacial score (nSPS) is 12.0. The van der Waals surface area contributed by atoms with Gasteiger partial charge < -0.3 is 4.74 Å². The van der Waals surface area contributed by atoms with Gasteiger partial charge in [0.05, 0.1) is 10.6 Å². The van der Waals surface area contributed by atoms with Crippen molar-refractivity contribution in [3.63, 3.8) is 0 Å². The number of pyridine rings is 1. The van der Waals surface area contributed by atoms with Crippen LogP contribution in [0.25, 0.3) is 0 Å².